The van der Waals surface area contributed by atoms with Crippen LogP contribution in [0, 0.1) is 0 Å². The Hall–Kier alpha value is -6.36. The van der Waals surface area contributed by atoms with Crippen molar-refractivity contribution in [2.24, 2.45) is 0 Å². The minimum Gasteiger partial charge on any atom is -0.355 e. The topological polar surface area (TPSA) is 17.0 Å². The van der Waals surface area contributed by atoms with Crippen molar-refractivity contribution < 1.29 is 0 Å². The Bertz CT molecular complexity index is 3470. The third-order valence-corrected chi connectivity index (χ3v) is 15.1. The molecule has 3 aliphatic rings. The van der Waals surface area contributed by atoms with Gasteiger partial charge in [-0.15, -0.1) is 11.3 Å². The highest BCUT2D eigenvalue weighted by Crippen LogP contribution is 2.55. The lowest BCUT2D eigenvalue weighted by molar-refractivity contribution is 0.660. The van der Waals surface area contributed by atoms with Crippen molar-refractivity contribution in [1.29, 1.82) is 0 Å². The number of rotatable bonds is 3. The van der Waals surface area contributed by atoms with E-state index < -0.39 is 0 Å². The second kappa shape index (κ2) is 11.2. The number of nitrogens with one attached hydrogen (secondary N) is 1. The summed E-state index contributed by atoms with van der Waals surface area (Å²) in [5, 5.41) is 10.6. The van der Waals surface area contributed by atoms with Crippen LogP contribution in [0.4, 0.5) is 11.4 Å². The van der Waals surface area contributed by atoms with E-state index in [1.807, 2.05) is 11.3 Å². The first-order valence-corrected chi connectivity index (χ1v) is 21.4. The first kappa shape index (κ1) is 32.7. The van der Waals surface area contributed by atoms with Crippen molar-refractivity contribution in [3.8, 4) is 39.1 Å². The van der Waals surface area contributed by atoms with E-state index in [2.05, 4.69) is 189 Å². The molecule has 1 N–H and O–H groups in total. The zero-order valence-corrected chi connectivity index (χ0v) is 33.8. The van der Waals surface area contributed by atoms with Crippen LogP contribution in [0.15, 0.2) is 152 Å². The summed E-state index contributed by atoms with van der Waals surface area (Å²) < 4.78 is 3.98. The number of nitrogens with zero attached hydrogens (tertiary/aromatic N) is 1. The number of aromatic nitrogens is 1. The number of fused-ring (bicyclic) bond motifs is 14. The van der Waals surface area contributed by atoms with E-state index in [0.717, 1.165) is 18.7 Å². The summed E-state index contributed by atoms with van der Waals surface area (Å²) in [6.45, 7) is 9.58. The largest absolute Gasteiger partial charge is 0.355 e. The zero-order valence-electron chi connectivity index (χ0n) is 33.0. The van der Waals surface area contributed by atoms with Gasteiger partial charge in [-0.3, -0.25) is 0 Å². The summed E-state index contributed by atoms with van der Waals surface area (Å²) in [4.78, 5) is 1.34. The van der Waals surface area contributed by atoms with Crippen molar-refractivity contribution in [2.45, 2.75) is 38.5 Å². The maximum Gasteiger partial charge on any atom is 0.198 e. The Morgan fingerprint density at radius 3 is 2.05 bits per heavy atom. The van der Waals surface area contributed by atoms with Crippen molar-refractivity contribution in [3.05, 3.63) is 174 Å². The number of thiophene rings is 1. The monoisotopic (exact) mass is 758 g/mol. The molecular weight excluding hydrogens is 719 g/mol. The summed E-state index contributed by atoms with van der Waals surface area (Å²) in [5.41, 5.74) is 21.0. The summed E-state index contributed by atoms with van der Waals surface area (Å²) in [5.74, 6) is 0. The van der Waals surface area contributed by atoms with Gasteiger partial charge < -0.3 is 9.88 Å². The lowest BCUT2D eigenvalue weighted by atomic mass is 9.58. The second-order valence-electron chi connectivity index (χ2n) is 17.7. The summed E-state index contributed by atoms with van der Waals surface area (Å²) >= 11 is 1.93. The smallest absolute Gasteiger partial charge is 0.198 e. The minimum absolute atomic E-state index is 0.0854. The van der Waals surface area contributed by atoms with Gasteiger partial charge >= 0.3 is 0 Å². The molecule has 0 amide bonds. The van der Waals surface area contributed by atoms with Crippen LogP contribution in [0.25, 0.3) is 81.0 Å². The molecular formula is C54H39BN2S. The second-order valence-corrected chi connectivity index (χ2v) is 18.8. The van der Waals surface area contributed by atoms with Crippen LogP contribution in [0.2, 0.25) is 0 Å². The number of hydrogen-bond donors (Lipinski definition) is 1. The van der Waals surface area contributed by atoms with Gasteiger partial charge in [-0.2, -0.15) is 0 Å². The first-order valence-electron chi connectivity index (χ1n) is 20.6. The summed E-state index contributed by atoms with van der Waals surface area (Å²) in [6.07, 6.45) is 0. The maximum absolute atomic E-state index is 4.08. The molecule has 10 aromatic rings. The van der Waals surface area contributed by atoms with Gasteiger partial charge in [0.1, 0.15) is 4.83 Å². The molecule has 0 spiro atoms. The quantitative estimate of drug-likeness (QED) is 0.178. The molecule has 1 aliphatic heterocycles. The van der Waals surface area contributed by atoms with E-state index >= 15 is 0 Å². The van der Waals surface area contributed by atoms with Gasteiger partial charge in [0.25, 0.3) is 0 Å². The van der Waals surface area contributed by atoms with E-state index in [1.54, 1.807) is 0 Å². The molecule has 0 saturated heterocycles. The molecule has 8 aromatic carbocycles. The van der Waals surface area contributed by atoms with Gasteiger partial charge in [-0.1, -0.05) is 148 Å². The molecule has 0 atom stereocenters. The molecule has 0 unspecified atom stereocenters. The molecule has 3 heterocycles. The number of hydrogen-bond acceptors (Lipinski definition) is 2. The van der Waals surface area contributed by atoms with Crippen LogP contribution in [-0.2, 0) is 10.8 Å². The molecule has 58 heavy (non-hydrogen) atoms. The number of benzene rings is 8. The Morgan fingerprint density at radius 1 is 0.534 bits per heavy atom. The third-order valence-electron chi connectivity index (χ3n) is 14.0. The fourth-order valence-electron chi connectivity index (χ4n) is 11.2. The predicted molar refractivity (Wildman–Crippen MR) is 250 cm³/mol. The predicted octanol–water partition coefficient (Wildman–Crippen LogP) is 12.9. The molecule has 13 rings (SSSR count). The Balaban J connectivity index is 1.12. The SMILES string of the molecule is CC1(C)c2ccccc2-c2ccc(Nc3cc4ccccc4cc3-c3c4c(cc5c3-c3ccccc3C5(C)C)-n3c5sc6ccccc6c5c5cccc(c53)B4)cc21. The molecule has 0 radical (unpaired) electrons. The number of anilines is 2. The summed E-state index contributed by atoms with van der Waals surface area (Å²) in [7, 11) is 0.866. The van der Waals surface area contributed by atoms with Crippen LogP contribution in [0.3, 0.4) is 0 Å². The van der Waals surface area contributed by atoms with E-state index in [9.17, 15) is 0 Å². The van der Waals surface area contributed by atoms with E-state index in [1.165, 1.54) is 114 Å². The highest BCUT2D eigenvalue weighted by Gasteiger charge is 2.41. The molecule has 0 saturated carbocycles. The molecule has 2 aromatic heterocycles. The fraction of sp³-hybridized carbons (Fsp3) is 0.111. The lowest BCUT2D eigenvalue weighted by Crippen LogP contribution is -2.38. The first-order chi connectivity index (χ1) is 28.3. The number of para-hydroxylation sites is 1. The molecule has 274 valence electrons. The van der Waals surface area contributed by atoms with Crippen LogP contribution in [0.5, 0.6) is 0 Å². The van der Waals surface area contributed by atoms with Crippen molar-refractivity contribution in [2.75, 3.05) is 5.32 Å². The minimum atomic E-state index is -0.177. The fourth-order valence-corrected chi connectivity index (χ4v) is 12.4. The molecule has 2 nitrogen and oxygen atoms in total. The van der Waals surface area contributed by atoms with E-state index in [-0.39, 0.29) is 10.8 Å². The summed E-state index contributed by atoms with van der Waals surface area (Å²) in [6, 6.07) is 57.3. The zero-order chi connectivity index (χ0) is 38.7. The van der Waals surface area contributed by atoms with Crippen LogP contribution in [-0.4, -0.2) is 11.8 Å². The molecule has 2 aliphatic carbocycles. The highest BCUT2D eigenvalue weighted by atomic mass is 32.1. The van der Waals surface area contributed by atoms with Crippen molar-refractivity contribution >= 4 is 82.9 Å². The van der Waals surface area contributed by atoms with Crippen molar-refractivity contribution in [1.82, 2.24) is 4.57 Å². The average molecular weight is 759 g/mol. The Kier molecular flexibility index (Phi) is 6.31. The van der Waals surface area contributed by atoms with Gasteiger partial charge in [0.2, 0.25) is 0 Å². The normalized spacial score (nSPS) is 15.0. The van der Waals surface area contributed by atoms with Crippen LogP contribution >= 0.6 is 11.3 Å². The van der Waals surface area contributed by atoms with Crippen molar-refractivity contribution in [3.63, 3.8) is 0 Å². The van der Waals surface area contributed by atoms with Gasteiger partial charge in [0, 0.05) is 59.8 Å². The standard InChI is InChI=1S/C54H39BN2S/c1-53(2)39-20-10-7-16-33(39)34-25-24-32(28-41(34)53)56-44-27-31-15-6-5-14-30(31)26-38(44)49-48-35-17-8-11-21-40(35)54(3,4)42(48)29-45-50(49)55-43-22-13-19-37-47-36-18-9-12-23-46(36)58-52(47)57(45)51(37)43/h5-29,55-56H,1-4H3. The highest BCUT2D eigenvalue weighted by molar-refractivity contribution is 7.25. The molecule has 0 fully saturated rings. The van der Waals surface area contributed by atoms with E-state index in [4.69, 9.17) is 0 Å². The maximum atomic E-state index is 4.08. The molecule has 0 bridgehead atoms. The van der Waals surface area contributed by atoms with Crippen LogP contribution in [0.1, 0.15) is 49.9 Å². The Labute approximate surface area is 342 Å². The van der Waals surface area contributed by atoms with Gasteiger partial charge in [0.05, 0.1) is 0 Å². The Morgan fingerprint density at radius 2 is 1.21 bits per heavy atom. The lowest BCUT2D eigenvalue weighted by Gasteiger charge is -2.29. The van der Waals surface area contributed by atoms with E-state index in [0.29, 0.717) is 0 Å². The van der Waals surface area contributed by atoms with Gasteiger partial charge in [-0.05, 0) is 103 Å². The van der Waals surface area contributed by atoms with Gasteiger partial charge in [-0.25, -0.2) is 0 Å². The molecule has 4 heteroatoms. The van der Waals surface area contributed by atoms with Gasteiger partial charge in [0.15, 0.2) is 7.28 Å². The third kappa shape index (κ3) is 4.13. The van der Waals surface area contributed by atoms with Crippen LogP contribution < -0.4 is 16.2 Å². The average Bonchev–Trinajstić information content (AvgIpc) is 3.92.